The van der Waals surface area contributed by atoms with Crippen LogP contribution in [0.25, 0.3) is 0 Å². The molecule has 0 spiro atoms. The van der Waals surface area contributed by atoms with E-state index in [1.54, 1.807) is 0 Å². The van der Waals surface area contributed by atoms with Crippen molar-refractivity contribution in [2.45, 2.75) is 20.8 Å². The SMILES string of the molecule is Cc1cc(C)c(NC(=O)CNc2ccc(F)c(F)c2F)c(C)c1. The van der Waals surface area contributed by atoms with Gasteiger partial charge in [0, 0.05) is 5.69 Å². The van der Waals surface area contributed by atoms with E-state index in [2.05, 4.69) is 10.6 Å². The molecule has 0 saturated heterocycles. The molecule has 2 rings (SSSR count). The average Bonchev–Trinajstić information content (AvgIpc) is 2.48. The van der Waals surface area contributed by atoms with E-state index in [-0.39, 0.29) is 12.2 Å². The Morgan fingerprint density at radius 2 is 1.61 bits per heavy atom. The molecule has 0 heterocycles. The van der Waals surface area contributed by atoms with Gasteiger partial charge in [-0.05, 0) is 44.0 Å². The number of carbonyl (C=O) groups is 1. The number of rotatable bonds is 4. The van der Waals surface area contributed by atoms with Crippen molar-refractivity contribution >= 4 is 17.3 Å². The van der Waals surface area contributed by atoms with Crippen molar-refractivity contribution in [1.29, 1.82) is 0 Å². The van der Waals surface area contributed by atoms with Crippen LogP contribution in [0.15, 0.2) is 24.3 Å². The number of benzene rings is 2. The Labute approximate surface area is 132 Å². The topological polar surface area (TPSA) is 41.1 Å². The molecular formula is C17H17F3N2O. The molecule has 0 aliphatic heterocycles. The third-order valence-corrected chi connectivity index (χ3v) is 3.42. The van der Waals surface area contributed by atoms with E-state index in [1.165, 1.54) is 0 Å². The van der Waals surface area contributed by atoms with Crippen LogP contribution < -0.4 is 10.6 Å². The highest BCUT2D eigenvalue weighted by Crippen LogP contribution is 2.22. The molecule has 0 aliphatic carbocycles. The number of nitrogens with one attached hydrogen (secondary N) is 2. The summed E-state index contributed by atoms with van der Waals surface area (Å²) in [5.41, 5.74) is 3.33. The van der Waals surface area contributed by atoms with Crippen LogP contribution in [0.2, 0.25) is 0 Å². The minimum Gasteiger partial charge on any atom is -0.374 e. The molecular weight excluding hydrogens is 305 g/mol. The van der Waals surface area contributed by atoms with Crippen LogP contribution in [0.4, 0.5) is 24.5 Å². The Bertz CT molecular complexity index is 737. The van der Waals surface area contributed by atoms with Crippen molar-refractivity contribution in [3.63, 3.8) is 0 Å². The summed E-state index contributed by atoms with van der Waals surface area (Å²) < 4.78 is 39.5. The summed E-state index contributed by atoms with van der Waals surface area (Å²) in [6.45, 7) is 5.43. The lowest BCUT2D eigenvalue weighted by atomic mass is 10.1. The number of hydrogen-bond donors (Lipinski definition) is 2. The smallest absolute Gasteiger partial charge is 0.243 e. The zero-order valence-corrected chi connectivity index (χ0v) is 13.1. The molecule has 0 bridgehead atoms. The molecule has 0 aliphatic rings. The van der Waals surface area contributed by atoms with E-state index < -0.39 is 23.4 Å². The molecule has 0 fully saturated rings. The number of amides is 1. The Morgan fingerprint density at radius 3 is 2.22 bits per heavy atom. The Morgan fingerprint density at radius 1 is 1.00 bits per heavy atom. The number of carbonyl (C=O) groups excluding carboxylic acids is 1. The van der Waals surface area contributed by atoms with Gasteiger partial charge in [-0.2, -0.15) is 0 Å². The molecule has 0 radical (unpaired) electrons. The van der Waals surface area contributed by atoms with Crippen molar-refractivity contribution in [2.75, 3.05) is 17.2 Å². The lowest BCUT2D eigenvalue weighted by molar-refractivity contribution is -0.114. The maximum Gasteiger partial charge on any atom is 0.243 e. The minimum absolute atomic E-state index is 0.267. The molecule has 0 atom stereocenters. The molecule has 1 amide bonds. The summed E-state index contributed by atoms with van der Waals surface area (Å²) >= 11 is 0. The van der Waals surface area contributed by atoms with E-state index in [9.17, 15) is 18.0 Å². The first-order valence-electron chi connectivity index (χ1n) is 7.04. The fourth-order valence-corrected chi connectivity index (χ4v) is 2.40. The van der Waals surface area contributed by atoms with Gasteiger partial charge < -0.3 is 10.6 Å². The van der Waals surface area contributed by atoms with Crippen molar-refractivity contribution in [2.24, 2.45) is 0 Å². The van der Waals surface area contributed by atoms with Gasteiger partial charge in [-0.25, -0.2) is 13.2 Å². The highest BCUT2D eigenvalue weighted by Gasteiger charge is 2.14. The second kappa shape index (κ2) is 6.73. The van der Waals surface area contributed by atoms with E-state index in [0.717, 1.165) is 28.8 Å². The minimum atomic E-state index is -1.57. The average molecular weight is 322 g/mol. The molecule has 0 saturated carbocycles. The van der Waals surface area contributed by atoms with Crippen LogP contribution in [0.1, 0.15) is 16.7 Å². The molecule has 2 N–H and O–H groups in total. The molecule has 2 aromatic carbocycles. The third kappa shape index (κ3) is 3.83. The van der Waals surface area contributed by atoms with Crippen LogP contribution in [0, 0.1) is 38.2 Å². The fourth-order valence-electron chi connectivity index (χ4n) is 2.40. The fraction of sp³-hybridized carbons (Fsp3) is 0.235. The van der Waals surface area contributed by atoms with Gasteiger partial charge in [-0.3, -0.25) is 4.79 Å². The first-order valence-corrected chi connectivity index (χ1v) is 7.04. The van der Waals surface area contributed by atoms with Crippen molar-refractivity contribution in [3.05, 3.63) is 58.4 Å². The summed E-state index contributed by atoms with van der Waals surface area (Å²) in [5.74, 6) is -4.60. The number of aryl methyl sites for hydroxylation is 3. The third-order valence-electron chi connectivity index (χ3n) is 3.42. The Balaban J connectivity index is 2.06. The first kappa shape index (κ1) is 16.9. The molecule has 6 heteroatoms. The number of halogens is 3. The number of hydrogen-bond acceptors (Lipinski definition) is 2. The van der Waals surface area contributed by atoms with Crippen LogP contribution in [-0.4, -0.2) is 12.5 Å². The molecule has 0 unspecified atom stereocenters. The number of anilines is 2. The van der Waals surface area contributed by atoms with Gasteiger partial charge in [0.1, 0.15) is 0 Å². The normalized spacial score (nSPS) is 10.5. The summed E-state index contributed by atoms with van der Waals surface area (Å²) in [4.78, 5) is 12.0. The Hall–Kier alpha value is -2.50. The molecule has 23 heavy (non-hydrogen) atoms. The summed E-state index contributed by atoms with van der Waals surface area (Å²) in [6, 6.07) is 5.71. The zero-order valence-electron chi connectivity index (χ0n) is 13.1. The van der Waals surface area contributed by atoms with E-state index in [1.807, 2.05) is 32.9 Å². The van der Waals surface area contributed by atoms with E-state index in [0.29, 0.717) is 5.69 Å². The quantitative estimate of drug-likeness (QED) is 0.833. The molecule has 2 aromatic rings. The van der Waals surface area contributed by atoms with Crippen molar-refractivity contribution < 1.29 is 18.0 Å². The molecule has 122 valence electrons. The van der Waals surface area contributed by atoms with Crippen LogP contribution >= 0.6 is 0 Å². The lowest BCUT2D eigenvalue weighted by Gasteiger charge is -2.14. The van der Waals surface area contributed by atoms with Crippen LogP contribution in [-0.2, 0) is 4.79 Å². The van der Waals surface area contributed by atoms with Gasteiger partial charge in [-0.1, -0.05) is 17.7 Å². The maximum atomic E-state index is 13.5. The van der Waals surface area contributed by atoms with Crippen molar-refractivity contribution in [3.8, 4) is 0 Å². The maximum absolute atomic E-state index is 13.5. The van der Waals surface area contributed by atoms with Crippen molar-refractivity contribution in [1.82, 2.24) is 0 Å². The second-order valence-corrected chi connectivity index (χ2v) is 5.40. The summed E-state index contributed by atoms with van der Waals surface area (Å²) in [7, 11) is 0. The van der Waals surface area contributed by atoms with E-state index >= 15 is 0 Å². The Kier molecular flexibility index (Phi) is 4.93. The first-order chi connectivity index (χ1) is 10.8. The second-order valence-electron chi connectivity index (χ2n) is 5.40. The van der Waals surface area contributed by atoms with E-state index in [4.69, 9.17) is 0 Å². The van der Waals surface area contributed by atoms with Gasteiger partial charge >= 0.3 is 0 Å². The molecule has 0 aromatic heterocycles. The van der Waals surface area contributed by atoms with Crippen LogP contribution in [0.3, 0.4) is 0 Å². The lowest BCUT2D eigenvalue weighted by Crippen LogP contribution is -2.23. The van der Waals surface area contributed by atoms with Crippen LogP contribution in [0.5, 0.6) is 0 Å². The molecule has 3 nitrogen and oxygen atoms in total. The highest BCUT2D eigenvalue weighted by atomic mass is 19.2. The van der Waals surface area contributed by atoms with Gasteiger partial charge in [0.15, 0.2) is 17.5 Å². The van der Waals surface area contributed by atoms with Gasteiger partial charge in [0.2, 0.25) is 5.91 Å². The van der Waals surface area contributed by atoms with Gasteiger partial charge in [-0.15, -0.1) is 0 Å². The summed E-state index contributed by atoms with van der Waals surface area (Å²) in [6.07, 6.45) is 0. The monoisotopic (exact) mass is 322 g/mol. The standard InChI is InChI=1S/C17H17F3N2O/c1-9-6-10(2)17(11(3)7-9)22-14(23)8-21-13-5-4-12(18)15(19)16(13)20/h4-7,21H,8H2,1-3H3,(H,22,23). The zero-order chi connectivity index (χ0) is 17.1. The highest BCUT2D eigenvalue weighted by molar-refractivity contribution is 5.95. The largest absolute Gasteiger partial charge is 0.374 e. The predicted molar refractivity (Wildman–Crippen MR) is 84.1 cm³/mol. The summed E-state index contributed by atoms with van der Waals surface area (Å²) in [5, 5.41) is 5.19. The van der Waals surface area contributed by atoms with Gasteiger partial charge in [0.05, 0.1) is 12.2 Å². The van der Waals surface area contributed by atoms with Gasteiger partial charge in [0.25, 0.3) is 0 Å². The predicted octanol–water partition coefficient (Wildman–Crippen LogP) is 4.08.